The van der Waals surface area contributed by atoms with E-state index in [1.54, 1.807) is 17.0 Å². The molecule has 2 atom stereocenters. The van der Waals surface area contributed by atoms with Crippen molar-refractivity contribution in [3.8, 4) is 0 Å². The summed E-state index contributed by atoms with van der Waals surface area (Å²) < 4.78 is 4.84. The minimum Gasteiger partial charge on any atom is -0.467 e. The van der Waals surface area contributed by atoms with Gasteiger partial charge in [-0.05, 0) is 31.4 Å². The summed E-state index contributed by atoms with van der Waals surface area (Å²) in [4.78, 5) is 26.3. The molecule has 1 amide bonds. The topological polar surface area (TPSA) is 46.6 Å². The molecule has 20 heavy (non-hydrogen) atoms. The lowest BCUT2D eigenvalue weighted by molar-refractivity contribution is -0.145. The number of hydrogen-bond acceptors (Lipinski definition) is 3. The third kappa shape index (κ3) is 2.84. The van der Waals surface area contributed by atoms with Crippen molar-refractivity contribution in [1.29, 1.82) is 0 Å². The zero-order chi connectivity index (χ0) is 14.5. The Hall–Kier alpha value is -1.84. The summed E-state index contributed by atoms with van der Waals surface area (Å²) in [5.41, 5.74) is 0.629. The van der Waals surface area contributed by atoms with E-state index in [0.29, 0.717) is 12.0 Å². The maximum Gasteiger partial charge on any atom is 0.328 e. The summed E-state index contributed by atoms with van der Waals surface area (Å²) in [6, 6.07) is 8.83. The van der Waals surface area contributed by atoms with Crippen LogP contribution in [-0.2, 0) is 9.53 Å². The Morgan fingerprint density at radius 1 is 1.25 bits per heavy atom. The molecule has 1 aromatic rings. The average Bonchev–Trinajstić information content (AvgIpc) is 2.90. The quantitative estimate of drug-likeness (QED) is 0.794. The average molecular weight is 275 g/mol. The van der Waals surface area contributed by atoms with Crippen LogP contribution in [0.4, 0.5) is 0 Å². The predicted molar refractivity (Wildman–Crippen MR) is 76.3 cm³/mol. The van der Waals surface area contributed by atoms with E-state index in [4.69, 9.17) is 4.74 Å². The largest absolute Gasteiger partial charge is 0.467 e. The van der Waals surface area contributed by atoms with Crippen molar-refractivity contribution in [3.63, 3.8) is 0 Å². The minimum absolute atomic E-state index is 0.0723. The fraction of sp³-hybridized carbons (Fsp3) is 0.500. The van der Waals surface area contributed by atoms with Gasteiger partial charge in [0.25, 0.3) is 5.91 Å². The van der Waals surface area contributed by atoms with Crippen molar-refractivity contribution < 1.29 is 14.3 Å². The standard InChI is InChI=1S/C16H21NO3/c1-3-7-13-10-11-14(16(19)20-2)17(13)15(18)12-8-5-4-6-9-12/h4-6,8-9,13-14H,3,7,10-11H2,1-2H3. The monoisotopic (exact) mass is 275 g/mol. The molecule has 0 saturated carbocycles. The molecule has 0 radical (unpaired) electrons. The highest BCUT2D eigenvalue weighted by Crippen LogP contribution is 2.29. The zero-order valence-corrected chi connectivity index (χ0v) is 12.0. The Kier molecular flexibility index (Phi) is 4.77. The van der Waals surface area contributed by atoms with Crippen LogP contribution in [0.1, 0.15) is 43.0 Å². The van der Waals surface area contributed by atoms with Gasteiger partial charge in [0.15, 0.2) is 0 Å². The van der Waals surface area contributed by atoms with Gasteiger partial charge >= 0.3 is 5.97 Å². The van der Waals surface area contributed by atoms with Crippen molar-refractivity contribution in [3.05, 3.63) is 35.9 Å². The van der Waals surface area contributed by atoms with E-state index < -0.39 is 6.04 Å². The number of benzene rings is 1. The van der Waals surface area contributed by atoms with Crippen LogP contribution in [0.15, 0.2) is 30.3 Å². The van der Waals surface area contributed by atoms with Crippen molar-refractivity contribution in [2.75, 3.05) is 7.11 Å². The lowest BCUT2D eigenvalue weighted by Gasteiger charge is -2.29. The Balaban J connectivity index is 2.26. The number of amides is 1. The fourth-order valence-electron chi connectivity index (χ4n) is 2.90. The summed E-state index contributed by atoms with van der Waals surface area (Å²) in [5, 5.41) is 0. The highest BCUT2D eigenvalue weighted by molar-refractivity contribution is 5.97. The molecular formula is C16H21NO3. The van der Waals surface area contributed by atoms with Gasteiger partial charge in [-0.3, -0.25) is 4.79 Å². The van der Waals surface area contributed by atoms with E-state index in [-0.39, 0.29) is 17.9 Å². The maximum absolute atomic E-state index is 12.7. The highest BCUT2D eigenvalue weighted by atomic mass is 16.5. The van der Waals surface area contributed by atoms with Crippen molar-refractivity contribution >= 4 is 11.9 Å². The number of carbonyl (C=O) groups is 2. The minimum atomic E-state index is -0.441. The number of likely N-dealkylation sites (tertiary alicyclic amines) is 1. The molecule has 1 aromatic carbocycles. The molecule has 2 unspecified atom stereocenters. The highest BCUT2D eigenvalue weighted by Gasteiger charge is 2.41. The van der Waals surface area contributed by atoms with E-state index in [1.807, 2.05) is 18.2 Å². The molecule has 0 spiro atoms. The summed E-state index contributed by atoms with van der Waals surface area (Å²) >= 11 is 0. The molecule has 1 fully saturated rings. The van der Waals surface area contributed by atoms with Crippen LogP contribution in [-0.4, -0.2) is 36.0 Å². The number of hydrogen-bond donors (Lipinski definition) is 0. The third-order valence-electron chi connectivity index (χ3n) is 3.85. The first-order valence-electron chi connectivity index (χ1n) is 7.14. The van der Waals surface area contributed by atoms with Gasteiger partial charge < -0.3 is 9.64 Å². The van der Waals surface area contributed by atoms with Gasteiger partial charge in [0, 0.05) is 11.6 Å². The van der Waals surface area contributed by atoms with Crippen LogP contribution < -0.4 is 0 Å². The van der Waals surface area contributed by atoms with Crippen molar-refractivity contribution in [1.82, 2.24) is 4.90 Å². The third-order valence-corrected chi connectivity index (χ3v) is 3.85. The van der Waals surface area contributed by atoms with Crippen LogP contribution in [0.25, 0.3) is 0 Å². The molecule has 0 aromatic heterocycles. The smallest absolute Gasteiger partial charge is 0.328 e. The van der Waals surface area contributed by atoms with Gasteiger partial charge in [-0.15, -0.1) is 0 Å². The number of ether oxygens (including phenoxy) is 1. The van der Waals surface area contributed by atoms with E-state index in [2.05, 4.69) is 6.92 Å². The summed E-state index contributed by atoms with van der Waals surface area (Å²) in [5.74, 6) is -0.384. The van der Waals surface area contributed by atoms with Crippen LogP contribution in [0.2, 0.25) is 0 Å². The molecule has 0 aliphatic carbocycles. The van der Waals surface area contributed by atoms with Crippen LogP contribution in [0, 0.1) is 0 Å². The van der Waals surface area contributed by atoms with Crippen LogP contribution in [0.5, 0.6) is 0 Å². The molecule has 4 heteroatoms. The lowest BCUT2D eigenvalue weighted by atomic mass is 10.1. The molecular weight excluding hydrogens is 254 g/mol. The molecule has 108 valence electrons. The summed E-state index contributed by atoms with van der Waals surface area (Å²) in [7, 11) is 1.38. The van der Waals surface area contributed by atoms with E-state index in [0.717, 1.165) is 19.3 Å². The van der Waals surface area contributed by atoms with Gasteiger partial charge in [0.2, 0.25) is 0 Å². The van der Waals surface area contributed by atoms with Gasteiger partial charge in [-0.1, -0.05) is 31.5 Å². The lowest BCUT2D eigenvalue weighted by Crippen LogP contribution is -2.45. The van der Waals surface area contributed by atoms with Gasteiger partial charge in [0.05, 0.1) is 7.11 Å². The Morgan fingerprint density at radius 2 is 1.95 bits per heavy atom. The predicted octanol–water partition coefficient (Wildman–Crippen LogP) is 2.63. The summed E-state index contributed by atoms with van der Waals surface area (Å²) in [6.07, 6.45) is 3.48. The number of methoxy groups -OCH3 is 1. The molecule has 0 N–H and O–H groups in total. The maximum atomic E-state index is 12.7. The van der Waals surface area contributed by atoms with E-state index in [1.165, 1.54) is 7.11 Å². The molecule has 4 nitrogen and oxygen atoms in total. The second kappa shape index (κ2) is 6.55. The zero-order valence-electron chi connectivity index (χ0n) is 12.0. The summed E-state index contributed by atoms with van der Waals surface area (Å²) in [6.45, 7) is 2.09. The van der Waals surface area contributed by atoms with Crippen molar-refractivity contribution in [2.45, 2.75) is 44.7 Å². The van der Waals surface area contributed by atoms with E-state index in [9.17, 15) is 9.59 Å². The second-order valence-electron chi connectivity index (χ2n) is 5.14. The number of esters is 1. The normalized spacial score (nSPS) is 21.8. The molecule has 1 aliphatic rings. The van der Waals surface area contributed by atoms with Gasteiger partial charge in [-0.25, -0.2) is 4.79 Å². The molecule has 2 rings (SSSR count). The molecule has 0 bridgehead atoms. The SMILES string of the molecule is CCCC1CCC(C(=O)OC)N1C(=O)c1ccccc1. The van der Waals surface area contributed by atoms with Crippen LogP contribution >= 0.6 is 0 Å². The Labute approximate surface area is 119 Å². The first kappa shape index (κ1) is 14.6. The first-order valence-corrected chi connectivity index (χ1v) is 7.14. The second-order valence-corrected chi connectivity index (χ2v) is 5.14. The molecule has 1 heterocycles. The number of rotatable bonds is 4. The molecule has 1 aliphatic heterocycles. The van der Waals surface area contributed by atoms with E-state index >= 15 is 0 Å². The van der Waals surface area contributed by atoms with Crippen molar-refractivity contribution in [2.24, 2.45) is 0 Å². The fourth-order valence-corrected chi connectivity index (χ4v) is 2.90. The van der Waals surface area contributed by atoms with Gasteiger partial charge in [-0.2, -0.15) is 0 Å². The Morgan fingerprint density at radius 3 is 2.55 bits per heavy atom. The molecule has 1 saturated heterocycles. The van der Waals surface area contributed by atoms with Gasteiger partial charge in [0.1, 0.15) is 6.04 Å². The number of nitrogens with zero attached hydrogens (tertiary/aromatic N) is 1. The first-order chi connectivity index (χ1) is 9.69. The number of carbonyl (C=O) groups excluding carboxylic acids is 2. The Bertz CT molecular complexity index is 472. The van der Waals surface area contributed by atoms with Crippen LogP contribution in [0.3, 0.4) is 0 Å².